The van der Waals surface area contributed by atoms with Gasteiger partial charge in [-0.2, -0.15) is 0 Å². The molecule has 0 saturated heterocycles. The molecule has 2 rings (SSSR count). The average Bonchev–Trinajstić information content (AvgIpc) is 2.86. The Morgan fingerprint density at radius 3 is 2.89 bits per heavy atom. The molecule has 1 unspecified atom stereocenters. The molecule has 96 valence electrons. The lowest BCUT2D eigenvalue weighted by molar-refractivity contribution is 0.406. The Morgan fingerprint density at radius 1 is 1.39 bits per heavy atom. The number of benzene rings is 1. The van der Waals surface area contributed by atoms with Gasteiger partial charge in [0, 0.05) is 12.1 Å². The van der Waals surface area contributed by atoms with Gasteiger partial charge in [0.15, 0.2) is 0 Å². The van der Waals surface area contributed by atoms with E-state index in [0.29, 0.717) is 0 Å². The van der Waals surface area contributed by atoms with Crippen molar-refractivity contribution in [1.29, 1.82) is 0 Å². The highest BCUT2D eigenvalue weighted by Crippen LogP contribution is 2.27. The summed E-state index contributed by atoms with van der Waals surface area (Å²) in [5, 5.41) is 7.99. The quantitative estimate of drug-likeness (QED) is 0.872. The first-order valence-electron chi connectivity index (χ1n) is 6.04. The van der Waals surface area contributed by atoms with Gasteiger partial charge in [0.1, 0.15) is 5.75 Å². The highest BCUT2D eigenvalue weighted by atomic mass is 16.5. The first-order valence-corrected chi connectivity index (χ1v) is 6.04. The average molecular weight is 246 g/mol. The highest BCUT2D eigenvalue weighted by Gasteiger charge is 2.17. The van der Waals surface area contributed by atoms with Gasteiger partial charge in [-0.1, -0.05) is 30.3 Å². The molecule has 5 heteroatoms. The zero-order valence-electron chi connectivity index (χ0n) is 10.7. The van der Waals surface area contributed by atoms with Crippen molar-refractivity contribution in [2.45, 2.75) is 25.9 Å². The zero-order chi connectivity index (χ0) is 13.0. The van der Waals surface area contributed by atoms with E-state index in [1.807, 2.05) is 28.9 Å². The number of nitrogens with two attached hydrogens (primary N) is 1. The van der Waals surface area contributed by atoms with Crippen LogP contribution in [-0.4, -0.2) is 22.1 Å². The SMILES string of the molecule is CCCn1nncc1C(N)c1ccccc1OC. The number of aryl methyl sites for hydroxylation is 1. The van der Waals surface area contributed by atoms with Crippen molar-refractivity contribution in [1.82, 2.24) is 15.0 Å². The number of nitrogens with zero attached hydrogens (tertiary/aromatic N) is 3. The lowest BCUT2D eigenvalue weighted by Crippen LogP contribution is -2.18. The molecule has 1 aromatic carbocycles. The second kappa shape index (κ2) is 5.64. The number of rotatable bonds is 5. The fourth-order valence-electron chi connectivity index (χ4n) is 1.97. The molecule has 0 amide bonds. The maximum atomic E-state index is 6.29. The molecule has 1 heterocycles. The Hall–Kier alpha value is -1.88. The van der Waals surface area contributed by atoms with E-state index in [-0.39, 0.29) is 6.04 Å². The molecular formula is C13H18N4O. The molecular weight excluding hydrogens is 228 g/mol. The van der Waals surface area contributed by atoms with Gasteiger partial charge >= 0.3 is 0 Å². The second-order valence-electron chi connectivity index (χ2n) is 4.10. The van der Waals surface area contributed by atoms with Crippen molar-refractivity contribution in [3.05, 3.63) is 41.7 Å². The van der Waals surface area contributed by atoms with Crippen molar-refractivity contribution in [3.8, 4) is 5.75 Å². The van der Waals surface area contributed by atoms with Crippen LogP contribution >= 0.6 is 0 Å². The third-order valence-corrected chi connectivity index (χ3v) is 2.88. The Labute approximate surface area is 107 Å². The van der Waals surface area contributed by atoms with Crippen LogP contribution in [-0.2, 0) is 6.54 Å². The molecule has 0 bridgehead atoms. The van der Waals surface area contributed by atoms with Crippen LogP contribution in [0.15, 0.2) is 30.5 Å². The van der Waals surface area contributed by atoms with Crippen LogP contribution in [0.4, 0.5) is 0 Å². The Kier molecular flexibility index (Phi) is 3.94. The first-order chi connectivity index (χ1) is 8.77. The molecule has 0 radical (unpaired) electrons. The maximum absolute atomic E-state index is 6.29. The van der Waals surface area contributed by atoms with E-state index in [9.17, 15) is 0 Å². The Bertz CT molecular complexity index is 509. The first kappa shape index (κ1) is 12.6. The Morgan fingerprint density at radius 2 is 2.17 bits per heavy atom. The van der Waals surface area contributed by atoms with E-state index in [0.717, 1.165) is 30.0 Å². The third-order valence-electron chi connectivity index (χ3n) is 2.88. The number of methoxy groups -OCH3 is 1. The standard InChI is InChI=1S/C13H18N4O/c1-3-8-17-11(9-15-16-17)13(14)10-6-4-5-7-12(10)18-2/h4-7,9,13H,3,8,14H2,1-2H3. The number of para-hydroxylation sites is 1. The highest BCUT2D eigenvalue weighted by molar-refractivity contribution is 5.39. The van der Waals surface area contributed by atoms with Crippen molar-refractivity contribution in [2.75, 3.05) is 7.11 Å². The summed E-state index contributed by atoms with van der Waals surface area (Å²) in [4.78, 5) is 0. The summed E-state index contributed by atoms with van der Waals surface area (Å²) in [5.74, 6) is 0.786. The van der Waals surface area contributed by atoms with Crippen LogP contribution in [0.1, 0.15) is 30.6 Å². The molecule has 18 heavy (non-hydrogen) atoms. The van der Waals surface area contributed by atoms with Crippen LogP contribution in [0, 0.1) is 0 Å². The number of aromatic nitrogens is 3. The predicted molar refractivity (Wildman–Crippen MR) is 69.3 cm³/mol. The van der Waals surface area contributed by atoms with Gasteiger partial charge in [0.25, 0.3) is 0 Å². The summed E-state index contributed by atoms with van der Waals surface area (Å²) in [7, 11) is 1.65. The fourth-order valence-corrected chi connectivity index (χ4v) is 1.97. The fraction of sp³-hybridized carbons (Fsp3) is 0.385. The lowest BCUT2D eigenvalue weighted by atomic mass is 10.0. The van der Waals surface area contributed by atoms with Crippen LogP contribution in [0.25, 0.3) is 0 Å². The summed E-state index contributed by atoms with van der Waals surface area (Å²) in [5.41, 5.74) is 8.14. The van der Waals surface area contributed by atoms with Gasteiger partial charge in [-0.05, 0) is 12.5 Å². The molecule has 0 spiro atoms. The van der Waals surface area contributed by atoms with E-state index >= 15 is 0 Å². The number of ether oxygens (including phenoxy) is 1. The van der Waals surface area contributed by atoms with Gasteiger partial charge in [0.05, 0.1) is 25.0 Å². The monoisotopic (exact) mass is 246 g/mol. The predicted octanol–water partition coefficient (Wildman–Crippen LogP) is 1.74. The van der Waals surface area contributed by atoms with Crippen molar-refractivity contribution in [3.63, 3.8) is 0 Å². The minimum atomic E-state index is -0.275. The molecule has 0 aliphatic rings. The molecule has 2 aromatic rings. The minimum absolute atomic E-state index is 0.275. The summed E-state index contributed by atoms with van der Waals surface area (Å²) in [6.07, 6.45) is 2.71. The topological polar surface area (TPSA) is 66.0 Å². The molecule has 1 atom stereocenters. The van der Waals surface area contributed by atoms with Crippen LogP contribution in [0.2, 0.25) is 0 Å². The van der Waals surface area contributed by atoms with Gasteiger partial charge in [-0.25, -0.2) is 4.68 Å². The van der Waals surface area contributed by atoms with E-state index in [4.69, 9.17) is 10.5 Å². The molecule has 5 nitrogen and oxygen atoms in total. The number of hydrogen-bond donors (Lipinski definition) is 1. The molecule has 2 N–H and O–H groups in total. The second-order valence-corrected chi connectivity index (χ2v) is 4.10. The van der Waals surface area contributed by atoms with Crippen molar-refractivity contribution in [2.24, 2.45) is 5.73 Å². The zero-order valence-corrected chi connectivity index (χ0v) is 10.7. The number of hydrogen-bond acceptors (Lipinski definition) is 4. The summed E-state index contributed by atoms with van der Waals surface area (Å²) in [6, 6.07) is 7.47. The maximum Gasteiger partial charge on any atom is 0.124 e. The van der Waals surface area contributed by atoms with Crippen LogP contribution in [0.5, 0.6) is 5.75 Å². The Balaban J connectivity index is 2.35. The van der Waals surface area contributed by atoms with E-state index in [2.05, 4.69) is 17.2 Å². The minimum Gasteiger partial charge on any atom is -0.496 e. The molecule has 0 aliphatic carbocycles. The van der Waals surface area contributed by atoms with Crippen LogP contribution in [0.3, 0.4) is 0 Å². The van der Waals surface area contributed by atoms with Gasteiger partial charge in [-0.15, -0.1) is 5.10 Å². The lowest BCUT2D eigenvalue weighted by Gasteiger charge is -2.16. The van der Waals surface area contributed by atoms with Crippen molar-refractivity contribution < 1.29 is 4.74 Å². The normalized spacial score (nSPS) is 12.4. The van der Waals surface area contributed by atoms with Crippen LogP contribution < -0.4 is 10.5 Å². The van der Waals surface area contributed by atoms with E-state index in [1.165, 1.54) is 0 Å². The third kappa shape index (κ3) is 2.36. The van der Waals surface area contributed by atoms with Gasteiger partial charge < -0.3 is 10.5 Å². The molecule has 0 saturated carbocycles. The molecule has 0 fully saturated rings. The van der Waals surface area contributed by atoms with Gasteiger partial charge in [0.2, 0.25) is 0 Å². The summed E-state index contributed by atoms with van der Waals surface area (Å²) < 4.78 is 7.18. The van der Waals surface area contributed by atoms with Gasteiger partial charge in [-0.3, -0.25) is 0 Å². The summed E-state index contributed by atoms with van der Waals surface area (Å²) in [6.45, 7) is 2.91. The molecule has 0 aliphatic heterocycles. The van der Waals surface area contributed by atoms with E-state index in [1.54, 1.807) is 13.3 Å². The molecule has 1 aromatic heterocycles. The largest absolute Gasteiger partial charge is 0.496 e. The van der Waals surface area contributed by atoms with E-state index < -0.39 is 0 Å². The van der Waals surface area contributed by atoms with Crippen molar-refractivity contribution >= 4 is 0 Å². The smallest absolute Gasteiger partial charge is 0.124 e. The summed E-state index contributed by atoms with van der Waals surface area (Å²) >= 11 is 0.